The predicted molar refractivity (Wildman–Crippen MR) is 73.5 cm³/mol. The van der Waals surface area contributed by atoms with Crippen LogP contribution in [0.3, 0.4) is 0 Å². The Kier molecular flexibility index (Phi) is 3.81. The number of benzene rings is 1. The fraction of sp³-hybridized carbons (Fsp3) is 0. The molecule has 0 saturated carbocycles. The van der Waals surface area contributed by atoms with Crippen LogP contribution in [0.1, 0.15) is 5.56 Å². The fourth-order valence-corrected chi connectivity index (χ4v) is 2.67. The van der Waals surface area contributed by atoms with Gasteiger partial charge in [0.05, 0.1) is 0 Å². The number of amidine groups is 1. The van der Waals surface area contributed by atoms with Crippen LogP contribution < -0.4 is 5.73 Å². The van der Waals surface area contributed by atoms with Gasteiger partial charge in [-0.3, -0.25) is 5.41 Å². The lowest BCUT2D eigenvalue weighted by Crippen LogP contribution is -2.10. The van der Waals surface area contributed by atoms with Crippen LogP contribution in [0.25, 0.3) is 0 Å². The smallest absolute Gasteiger partial charge is 0.122 e. The highest BCUT2D eigenvalue weighted by molar-refractivity contribution is 9.10. The van der Waals surface area contributed by atoms with E-state index in [0.717, 1.165) is 14.4 Å². The Morgan fingerprint density at radius 3 is 2.71 bits per heavy atom. The first-order valence-electron chi connectivity index (χ1n) is 4.89. The summed E-state index contributed by atoms with van der Waals surface area (Å²) in [5.74, 6) is 0.0695. The molecule has 0 radical (unpaired) electrons. The predicted octanol–water partition coefficient (Wildman–Crippen LogP) is 3.28. The fourth-order valence-electron chi connectivity index (χ4n) is 1.27. The Hall–Kier alpha value is -1.33. The lowest BCUT2D eigenvalue weighted by molar-refractivity contribution is 1.13. The zero-order valence-electron chi connectivity index (χ0n) is 8.85. The number of nitrogens with one attached hydrogen (secondary N) is 1. The van der Waals surface area contributed by atoms with Crippen molar-refractivity contribution in [2.24, 2.45) is 5.73 Å². The number of pyridine rings is 1. The number of nitrogens with two attached hydrogens (primary N) is 1. The second-order valence-electron chi connectivity index (χ2n) is 3.33. The maximum atomic E-state index is 7.36. The molecule has 0 bridgehead atoms. The Bertz CT molecular complexity index is 543. The van der Waals surface area contributed by atoms with E-state index in [1.807, 2.05) is 36.4 Å². The van der Waals surface area contributed by atoms with Crippen molar-refractivity contribution in [3.63, 3.8) is 0 Å². The van der Waals surface area contributed by atoms with E-state index in [1.165, 1.54) is 0 Å². The number of nitrogen functional groups attached to an aromatic ring is 1. The summed E-state index contributed by atoms with van der Waals surface area (Å²) in [5, 5.41) is 8.30. The van der Waals surface area contributed by atoms with Gasteiger partial charge in [0.15, 0.2) is 0 Å². The van der Waals surface area contributed by atoms with Gasteiger partial charge in [0, 0.05) is 21.1 Å². The van der Waals surface area contributed by atoms with Crippen molar-refractivity contribution in [2.75, 3.05) is 0 Å². The molecule has 1 aromatic heterocycles. The molecule has 0 saturated heterocycles. The number of nitrogens with zero attached hydrogens (tertiary/aromatic N) is 1. The van der Waals surface area contributed by atoms with Gasteiger partial charge >= 0.3 is 0 Å². The molecule has 3 N–H and O–H groups in total. The number of halogens is 1. The van der Waals surface area contributed by atoms with Crippen molar-refractivity contribution in [1.82, 2.24) is 4.98 Å². The summed E-state index contributed by atoms with van der Waals surface area (Å²) in [5.41, 5.74) is 6.14. The Balaban J connectivity index is 2.26. The van der Waals surface area contributed by atoms with E-state index in [0.29, 0.717) is 5.56 Å². The van der Waals surface area contributed by atoms with Crippen LogP contribution in [0, 0.1) is 5.41 Å². The summed E-state index contributed by atoms with van der Waals surface area (Å²) >= 11 is 5.04. The molecular formula is C12H10BrN3S. The highest BCUT2D eigenvalue weighted by Crippen LogP contribution is 2.32. The monoisotopic (exact) mass is 307 g/mol. The van der Waals surface area contributed by atoms with Crippen molar-refractivity contribution in [3.05, 3.63) is 52.6 Å². The van der Waals surface area contributed by atoms with E-state index >= 15 is 0 Å². The third-order valence-corrected chi connectivity index (χ3v) is 4.04. The van der Waals surface area contributed by atoms with E-state index in [1.54, 1.807) is 18.0 Å². The Morgan fingerprint density at radius 2 is 2.12 bits per heavy atom. The minimum atomic E-state index is 0.0695. The van der Waals surface area contributed by atoms with Crippen LogP contribution >= 0.6 is 27.7 Å². The van der Waals surface area contributed by atoms with Gasteiger partial charge in [-0.25, -0.2) is 4.98 Å². The lowest BCUT2D eigenvalue weighted by Gasteiger charge is -2.05. The normalized spacial score (nSPS) is 10.2. The SMILES string of the molecule is N=C(N)c1ccc(Sc2ccccn2)c(Br)c1. The minimum absolute atomic E-state index is 0.0695. The Labute approximate surface area is 112 Å². The number of aromatic nitrogens is 1. The summed E-state index contributed by atoms with van der Waals surface area (Å²) < 4.78 is 0.917. The van der Waals surface area contributed by atoms with Gasteiger partial charge in [-0.15, -0.1) is 0 Å². The molecule has 17 heavy (non-hydrogen) atoms. The van der Waals surface area contributed by atoms with Gasteiger partial charge in [-0.2, -0.15) is 0 Å². The molecule has 0 aliphatic heterocycles. The van der Waals surface area contributed by atoms with Crippen molar-refractivity contribution in [1.29, 1.82) is 5.41 Å². The molecule has 2 rings (SSSR count). The van der Waals surface area contributed by atoms with Crippen molar-refractivity contribution >= 4 is 33.5 Å². The van der Waals surface area contributed by atoms with E-state index in [9.17, 15) is 0 Å². The molecule has 5 heteroatoms. The first-order valence-corrected chi connectivity index (χ1v) is 6.50. The highest BCUT2D eigenvalue weighted by Gasteiger charge is 2.05. The summed E-state index contributed by atoms with van der Waals surface area (Å²) in [4.78, 5) is 5.30. The molecule has 1 heterocycles. The number of hydrogen-bond acceptors (Lipinski definition) is 3. The molecule has 0 aliphatic rings. The topological polar surface area (TPSA) is 62.8 Å². The molecule has 1 aromatic carbocycles. The van der Waals surface area contributed by atoms with Crippen LogP contribution in [0.2, 0.25) is 0 Å². The maximum absolute atomic E-state index is 7.36. The first-order chi connectivity index (χ1) is 8.16. The second kappa shape index (κ2) is 5.33. The highest BCUT2D eigenvalue weighted by atomic mass is 79.9. The molecule has 0 aliphatic carbocycles. The quantitative estimate of drug-likeness (QED) is 0.675. The molecule has 0 amide bonds. The van der Waals surface area contributed by atoms with Crippen LogP contribution in [0.15, 0.2) is 57.0 Å². The molecule has 86 valence electrons. The average molecular weight is 308 g/mol. The maximum Gasteiger partial charge on any atom is 0.122 e. The number of rotatable bonds is 3. The summed E-state index contributed by atoms with van der Waals surface area (Å²) in [6.07, 6.45) is 1.76. The van der Waals surface area contributed by atoms with E-state index < -0.39 is 0 Å². The summed E-state index contributed by atoms with van der Waals surface area (Å²) in [6.45, 7) is 0. The summed E-state index contributed by atoms with van der Waals surface area (Å²) in [6, 6.07) is 11.4. The van der Waals surface area contributed by atoms with Gasteiger partial charge in [0.25, 0.3) is 0 Å². The van der Waals surface area contributed by atoms with Crippen molar-refractivity contribution in [3.8, 4) is 0 Å². The molecular weight excluding hydrogens is 298 g/mol. The van der Waals surface area contributed by atoms with Gasteiger partial charge in [-0.05, 0) is 40.2 Å². The first kappa shape index (κ1) is 12.1. The molecule has 0 atom stereocenters. The summed E-state index contributed by atoms with van der Waals surface area (Å²) in [7, 11) is 0. The zero-order valence-corrected chi connectivity index (χ0v) is 11.3. The molecule has 0 unspecified atom stereocenters. The van der Waals surface area contributed by atoms with Gasteiger partial charge in [-0.1, -0.05) is 23.9 Å². The van der Waals surface area contributed by atoms with Crippen LogP contribution in [-0.2, 0) is 0 Å². The Morgan fingerprint density at radius 1 is 1.29 bits per heavy atom. The van der Waals surface area contributed by atoms with Crippen LogP contribution in [0.5, 0.6) is 0 Å². The van der Waals surface area contributed by atoms with E-state index in [-0.39, 0.29) is 5.84 Å². The van der Waals surface area contributed by atoms with E-state index in [4.69, 9.17) is 11.1 Å². The molecule has 0 spiro atoms. The largest absolute Gasteiger partial charge is 0.384 e. The van der Waals surface area contributed by atoms with Gasteiger partial charge < -0.3 is 5.73 Å². The van der Waals surface area contributed by atoms with Crippen LogP contribution in [-0.4, -0.2) is 10.8 Å². The molecule has 0 fully saturated rings. The third-order valence-electron chi connectivity index (χ3n) is 2.10. The molecule has 2 aromatic rings. The third kappa shape index (κ3) is 3.08. The van der Waals surface area contributed by atoms with Gasteiger partial charge in [0.2, 0.25) is 0 Å². The number of hydrogen-bond donors (Lipinski definition) is 2. The standard InChI is InChI=1S/C12H10BrN3S/c13-9-7-8(12(14)15)4-5-10(9)17-11-3-1-2-6-16-11/h1-7H,(H3,14,15). The van der Waals surface area contributed by atoms with Crippen molar-refractivity contribution in [2.45, 2.75) is 9.92 Å². The van der Waals surface area contributed by atoms with Crippen LogP contribution in [0.4, 0.5) is 0 Å². The molecule has 3 nitrogen and oxygen atoms in total. The second-order valence-corrected chi connectivity index (χ2v) is 5.25. The van der Waals surface area contributed by atoms with E-state index in [2.05, 4.69) is 20.9 Å². The van der Waals surface area contributed by atoms with Crippen molar-refractivity contribution < 1.29 is 0 Å². The minimum Gasteiger partial charge on any atom is -0.384 e. The lowest BCUT2D eigenvalue weighted by atomic mass is 10.2. The zero-order chi connectivity index (χ0) is 12.3. The van der Waals surface area contributed by atoms with Gasteiger partial charge in [0.1, 0.15) is 10.9 Å². The average Bonchev–Trinajstić information content (AvgIpc) is 2.33.